The average Bonchev–Trinajstić information content (AvgIpc) is 1.80. The van der Waals surface area contributed by atoms with Gasteiger partial charge in [0.2, 0.25) is 0 Å². The topological polar surface area (TPSA) is 127 Å². The molecule has 0 aromatic carbocycles. The molecular weight excluding hydrogens is 213 g/mol. The van der Waals surface area contributed by atoms with Crippen LogP contribution >= 0.6 is 7.60 Å². The van der Waals surface area contributed by atoms with Crippen molar-refractivity contribution < 1.29 is 29.4 Å². The zero-order valence-corrected chi connectivity index (χ0v) is 8.94. The Bertz CT molecular complexity index is 198. The van der Waals surface area contributed by atoms with Gasteiger partial charge in [0.25, 0.3) is 0 Å². The summed E-state index contributed by atoms with van der Waals surface area (Å²) >= 11 is 0. The van der Waals surface area contributed by atoms with Crippen molar-refractivity contribution in [3.05, 3.63) is 0 Å². The largest absolute Gasteiger partial charge is 0.480 e. The zero-order chi connectivity index (χ0) is 11.8. The summed E-state index contributed by atoms with van der Waals surface area (Å²) in [5, 5.41) is 18.1. The Morgan fingerprint density at radius 3 is 2.00 bits per heavy atom. The number of carbonyl (C=O) groups is 1. The normalized spacial score (nSPS) is 10.7. The number of rotatable bonds is 4. The van der Waals surface area contributed by atoms with E-state index in [0.717, 1.165) is 0 Å². The lowest BCUT2D eigenvalue weighted by Gasteiger charge is -2.02. The quantitative estimate of drug-likeness (QED) is 0.398. The highest BCUT2D eigenvalue weighted by Gasteiger charge is 2.11. The average molecular weight is 229 g/mol. The molecule has 0 aliphatic rings. The Hall–Kier alpha value is -0.460. The lowest BCUT2D eigenvalue weighted by atomic mass is 10.5. The summed E-state index contributed by atoms with van der Waals surface area (Å²) in [5.74, 6) is -1.14. The fourth-order valence-electron chi connectivity index (χ4n) is 0.308. The van der Waals surface area contributed by atoms with Crippen LogP contribution in [0.5, 0.6) is 0 Å². The molecule has 7 nitrogen and oxygen atoms in total. The molecular formula is C6H16NO6P. The fraction of sp³-hybridized carbons (Fsp3) is 0.833. The van der Waals surface area contributed by atoms with Crippen molar-refractivity contribution in [2.24, 2.45) is 0 Å². The SMILES string of the molecule is CC(C)O.O=C(O)CNCP(=O)(O)O. The molecule has 0 unspecified atom stereocenters. The highest BCUT2D eigenvalue weighted by atomic mass is 31.2. The van der Waals surface area contributed by atoms with E-state index in [4.69, 9.17) is 20.0 Å². The van der Waals surface area contributed by atoms with E-state index < -0.39 is 26.4 Å². The number of aliphatic hydroxyl groups excluding tert-OH is 1. The lowest BCUT2D eigenvalue weighted by molar-refractivity contribution is -0.135. The third-order valence-electron chi connectivity index (χ3n) is 0.594. The van der Waals surface area contributed by atoms with Crippen molar-refractivity contribution >= 4 is 13.6 Å². The Morgan fingerprint density at radius 2 is 1.79 bits per heavy atom. The van der Waals surface area contributed by atoms with Crippen LogP contribution < -0.4 is 5.32 Å². The van der Waals surface area contributed by atoms with E-state index >= 15 is 0 Å². The summed E-state index contributed by atoms with van der Waals surface area (Å²) in [5.41, 5.74) is 0. The molecule has 0 aromatic heterocycles. The van der Waals surface area contributed by atoms with Crippen LogP contribution in [0.2, 0.25) is 0 Å². The maximum Gasteiger partial charge on any atom is 0.339 e. The van der Waals surface area contributed by atoms with E-state index in [-0.39, 0.29) is 6.10 Å². The smallest absolute Gasteiger partial charge is 0.339 e. The van der Waals surface area contributed by atoms with Crippen LogP contribution in [0.15, 0.2) is 0 Å². The van der Waals surface area contributed by atoms with Crippen molar-refractivity contribution in [1.82, 2.24) is 5.32 Å². The maximum atomic E-state index is 10.1. The molecule has 0 bridgehead atoms. The van der Waals surface area contributed by atoms with E-state index in [0.29, 0.717) is 0 Å². The van der Waals surface area contributed by atoms with Gasteiger partial charge in [0, 0.05) is 6.10 Å². The molecule has 0 aromatic rings. The third kappa shape index (κ3) is 30.0. The van der Waals surface area contributed by atoms with Crippen LogP contribution in [0.4, 0.5) is 0 Å². The minimum absolute atomic E-state index is 0.167. The molecule has 0 amide bonds. The van der Waals surface area contributed by atoms with E-state index in [1.54, 1.807) is 13.8 Å². The predicted molar refractivity (Wildman–Crippen MR) is 49.9 cm³/mol. The molecule has 0 heterocycles. The summed E-state index contributed by atoms with van der Waals surface area (Å²) in [7, 11) is -4.10. The molecule has 0 spiro atoms. The lowest BCUT2D eigenvalue weighted by Crippen LogP contribution is -2.23. The van der Waals surface area contributed by atoms with Crippen LogP contribution in [0.1, 0.15) is 13.8 Å². The van der Waals surface area contributed by atoms with Gasteiger partial charge in [-0.3, -0.25) is 14.7 Å². The molecule has 0 atom stereocenters. The summed E-state index contributed by atoms with van der Waals surface area (Å²) in [6, 6.07) is 0. The molecule has 86 valence electrons. The Morgan fingerprint density at radius 1 is 1.43 bits per heavy atom. The number of aliphatic carboxylic acids is 1. The monoisotopic (exact) mass is 229 g/mol. The third-order valence-corrected chi connectivity index (χ3v) is 1.23. The molecule has 0 saturated heterocycles. The Labute approximate surface area is 81.9 Å². The fourth-order valence-corrected chi connectivity index (χ4v) is 0.712. The van der Waals surface area contributed by atoms with Crippen molar-refractivity contribution in [1.29, 1.82) is 0 Å². The number of aliphatic hydroxyl groups is 1. The molecule has 0 aliphatic carbocycles. The minimum Gasteiger partial charge on any atom is -0.480 e. The Kier molecular flexibility index (Phi) is 9.02. The number of carboxylic acid groups (broad SMARTS) is 1. The predicted octanol–water partition coefficient (Wildman–Crippen LogP) is -0.817. The van der Waals surface area contributed by atoms with Gasteiger partial charge in [-0.05, 0) is 13.8 Å². The van der Waals surface area contributed by atoms with Gasteiger partial charge in [-0.2, -0.15) is 0 Å². The molecule has 0 radical (unpaired) electrons. The standard InChI is InChI=1S/C3H8NO5P.C3H8O/c5-3(6)1-4-2-10(7,8)9;1-3(2)4/h4H,1-2H2,(H,5,6)(H2,7,8,9);3-4H,1-2H3. The first kappa shape index (κ1) is 16.0. The van der Waals surface area contributed by atoms with Gasteiger partial charge in [-0.25, -0.2) is 0 Å². The second-order valence-corrected chi connectivity index (χ2v) is 4.38. The second kappa shape index (κ2) is 7.90. The van der Waals surface area contributed by atoms with E-state index in [9.17, 15) is 9.36 Å². The summed E-state index contributed by atoms with van der Waals surface area (Å²) < 4.78 is 10.1. The van der Waals surface area contributed by atoms with Crippen molar-refractivity contribution in [2.45, 2.75) is 20.0 Å². The van der Waals surface area contributed by atoms with Crippen molar-refractivity contribution in [3.8, 4) is 0 Å². The van der Waals surface area contributed by atoms with Crippen LogP contribution in [0, 0.1) is 0 Å². The van der Waals surface area contributed by atoms with Gasteiger partial charge in [-0.15, -0.1) is 0 Å². The van der Waals surface area contributed by atoms with Crippen LogP contribution in [-0.4, -0.2) is 44.9 Å². The van der Waals surface area contributed by atoms with E-state index in [1.165, 1.54) is 0 Å². The van der Waals surface area contributed by atoms with Crippen LogP contribution in [0.25, 0.3) is 0 Å². The van der Waals surface area contributed by atoms with Gasteiger partial charge in [0.1, 0.15) is 0 Å². The number of nitrogens with one attached hydrogen (secondary N) is 1. The van der Waals surface area contributed by atoms with Gasteiger partial charge >= 0.3 is 13.6 Å². The van der Waals surface area contributed by atoms with Gasteiger partial charge in [-0.1, -0.05) is 0 Å². The van der Waals surface area contributed by atoms with Crippen LogP contribution in [0.3, 0.4) is 0 Å². The molecule has 0 fully saturated rings. The zero-order valence-electron chi connectivity index (χ0n) is 8.04. The highest BCUT2D eigenvalue weighted by Crippen LogP contribution is 2.31. The van der Waals surface area contributed by atoms with Gasteiger partial charge in [0.05, 0.1) is 12.8 Å². The second-order valence-electron chi connectivity index (χ2n) is 2.74. The molecule has 0 rings (SSSR count). The highest BCUT2D eigenvalue weighted by molar-refractivity contribution is 7.51. The number of hydrogen-bond donors (Lipinski definition) is 5. The summed E-state index contributed by atoms with van der Waals surface area (Å²) in [6.07, 6.45) is -0.765. The van der Waals surface area contributed by atoms with Gasteiger partial charge < -0.3 is 20.0 Å². The first-order valence-corrected chi connectivity index (χ1v) is 5.60. The molecule has 0 saturated carbocycles. The molecule has 8 heteroatoms. The minimum atomic E-state index is -4.10. The number of carboxylic acids is 1. The van der Waals surface area contributed by atoms with Crippen molar-refractivity contribution in [3.63, 3.8) is 0 Å². The van der Waals surface area contributed by atoms with Crippen LogP contribution in [-0.2, 0) is 9.36 Å². The molecule has 14 heavy (non-hydrogen) atoms. The Balaban J connectivity index is 0. The summed E-state index contributed by atoms with van der Waals surface area (Å²) in [6.45, 7) is 3.01. The maximum absolute atomic E-state index is 10.1. The molecule has 0 aliphatic heterocycles. The van der Waals surface area contributed by atoms with E-state index in [1.807, 2.05) is 0 Å². The van der Waals surface area contributed by atoms with Crippen molar-refractivity contribution in [2.75, 3.05) is 12.8 Å². The summed E-state index contributed by atoms with van der Waals surface area (Å²) in [4.78, 5) is 26.1. The first-order chi connectivity index (χ1) is 6.15. The molecule has 5 N–H and O–H groups in total. The van der Waals surface area contributed by atoms with Gasteiger partial charge in [0.15, 0.2) is 0 Å². The first-order valence-electron chi connectivity index (χ1n) is 3.80. The number of hydrogen-bond acceptors (Lipinski definition) is 4. The van der Waals surface area contributed by atoms with E-state index in [2.05, 4.69) is 5.32 Å².